The highest BCUT2D eigenvalue weighted by molar-refractivity contribution is 7.11. The largest absolute Gasteiger partial charge is 0.143 e. The molecule has 17 heavy (non-hydrogen) atoms. The van der Waals surface area contributed by atoms with Crippen molar-refractivity contribution in [2.24, 2.45) is 5.92 Å². The summed E-state index contributed by atoms with van der Waals surface area (Å²) in [5.74, 6) is 0.848. The fourth-order valence-electron chi connectivity index (χ4n) is 1.79. The van der Waals surface area contributed by atoms with E-state index < -0.39 is 0 Å². The molecule has 1 aliphatic rings. The molecular formula is C13H13ClN2S. The van der Waals surface area contributed by atoms with Crippen LogP contribution in [0, 0.1) is 5.92 Å². The van der Waals surface area contributed by atoms with E-state index in [0.717, 1.165) is 27.9 Å². The maximum Gasteiger partial charge on any atom is 0.139 e. The van der Waals surface area contributed by atoms with Crippen LogP contribution >= 0.6 is 22.9 Å². The molecule has 0 N–H and O–H groups in total. The van der Waals surface area contributed by atoms with Gasteiger partial charge in [-0.25, -0.2) is 0 Å². The molecule has 4 heteroatoms. The van der Waals surface area contributed by atoms with E-state index >= 15 is 0 Å². The molecule has 1 unspecified atom stereocenters. The Labute approximate surface area is 110 Å². The van der Waals surface area contributed by atoms with E-state index in [4.69, 9.17) is 11.6 Å². The molecule has 0 bridgehead atoms. The Balaban J connectivity index is 1.76. The number of hydrogen-bond acceptors (Lipinski definition) is 3. The summed E-state index contributed by atoms with van der Waals surface area (Å²) in [7, 11) is 0. The van der Waals surface area contributed by atoms with Crippen molar-refractivity contribution in [2.45, 2.75) is 24.6 Å². The average Bonchev–Trinajstić information content (AvgIpc) is 3.06. The standard InChI is InChI=1S/C13H13ClN2S/c14-12(10-4-2-1-3-5-10)13-16-15-11(17-13)8-9-6-7-9/h1-5,9,12H,6-8H2. The molecule has 1 fully saturated rings. The van der Waals surface area contributed by atoms with Gasteiger partial charge >= 0.3 is 0 Å². The number of nitrogens with zero attached hydrogens (tertiary/aromatic N) is 2. The Morgan fingerprint density at radius 1 is 1.24 bits per heavy atom. The molecule has 0 spiro atoms. The third kappa shape index (κ3) is 2.67. The Morgan fingerprint density at radius 2 is 2.00 bits per heavy atom. The van der Waals surface area contributed by atoms with Crippen LogP contribution in [-0.2, 0) is 6.42 Å². The average molecular weight is 265 g/mol. The summed E-state index contributed by atoms with van der Waals surface area (Å²) in [6.07, 6.45) is 3.77. The van der Waals surface area contributed by atoms with Crippen LogP contribution in [0.25, 0.3) is 0 Å². The lowest BCUT2D eigenvalue weighted by Crippen LogP contribution is -1.91. The molecule has 1 aromatic carbocycles. The second-order valence-corrected chi connectivity index (χ2v) is 5.98. The molecule has 1 saturated carbocycles. The van der Waals surface area contributed by atoms with Crippen molar-refractivity contribution in [1.82, 2.24) is 10.2 Å². The van der Waals surface area contributed by atoms with Crippen LogP contribution in [0.5, 0.6) is 0 Å². The highest BCUT2D eigenvalue weighted by Gasteiger charge is 2.24. The first kappa shape index (κ1) is 11.2. The summed E-state index contributed by atoms with van der Waals surface area (Å²) in [6, 6.07) is 10.0. The van der Waals surface area contributed by atoms with Gasteiger partial charge < -0.3 is 0 Å². The molecule has 0 aliphatic heterocycles. The van der Waals surface area contributed by atoms with Crippen LogP contribution in [-0.4, -0.2) is 10.2 Å². The third-order valence-electron chi connectivity index (χ3n) is 2.95. The lowest BCUT2D eigenvalue weighted by atomic mass is 10.1. The van der Waals surface area contributed by atoms with Gasteiger partial charge in [-0.05, 0) is 24.3 Å². The first-order valence-electron chi connectivity index (χ1n) is 5.84. The van der Waals surface area contributed by atoms with Gasteiger partial charge in [0.2, 0.25) is 0 Å². The number of alkyl halides is 1. The fraction of sp³-hybridized carbons (Fsp3) is 0.385. The van der Waals surface area contributed by atoms with Crippen molar-refractivity contribution in [3.05, 3.63) is 45.9 Å². The smallest absolute Gasteiger partial charge is 0.139 e. The van der Waals surface area contributed by atoms with E-state index in [2.05, 4.69) is 10.2 Å². The number of rotatable bonds is 4. The van der Waals surface area contributed by atoms with Crippen LogP contribution in [0.2, 0.25) is 0 Å². The van der Waals surface area contributed by atoms with Gasteiger partial charge in [-0.1, -0.05) is 41.7 Å². The molecular weight excluding hydrogens is 252 g/mol. The molecule has 3 rings (SSSR count). The van der Waals surface area contributed by atoms with E-state index in [1.807, 2.05) is 30.3 Å². The lowest BCUT2D eigenvalue weighted by molar-refractivity contribution is 0.803. The normalized spacial score (nSPS) is 17.0. The van der Waals surface area contributed by atoms with Gasteiger partial charge in [0.05, 0.1) is 0 Å². The molecule has 2 nitrogen and oxygen atoms in total. The van der Waals surface area contributed by atoms with E-state index in [1.54, 1.807) is 11.3 Å². The van der Waals surface area contributed by atoms with E-state index in [0.29, 0.717) is 0 Å². The quantitative estimate of drug-likeness (QED) is 0.785. The third-order valence-corrected chi connectivity index (χ3v) is 4.55. The molecule has 0 amide bonds. The number of hydrogen-bond donors (Lipinski definition) is 0. The van der Waals surface area contributed by atoms with Crippen LogP contribution in [0.3, 0.4) is 0 Å². The molecule has 2 aromatic rings. The summed E-state index contributed by atoms with van der Waals surface area (Å²) >= 11 is 8.06. The molecule has 1 aromatic heterocycles. The van der Waals surface area contributed by atoms with E-state index in [-0.39, 0.29) is 5.38 Å². The van der Waals surface area contributed by atoms with Gasteiger partial charge in [-0.15, -0.1) is 21.8 Å². The molecule has 1 atom stereocenters. The van der Waals surface area contributed by atoms with Crippen molar-refractivity contribution < 1.29 is 0 Å². The fourth-order valence-corrected chi connectivity index (χ4v) is 3.07. The van der Waals surface area contributed by atoms with Crippen molar-refractivity contribution in [1.29, 1.82) is 0 Å². The molecule has 1 aliphatic carbocycles. The summed E-state index contributed by atoms with van der Waals surface area (Å²) in [5, 5.41) is 10.3. The van der Waals surface area contributed by atoms with Crippen LogP contribution in [0.4, 0.5) is 0 Å². The monoisotopic (exact) mass is 264 g/mol. The minimum absolute atomic E-state index is 0.165. The van der Waals surface area contributed by atoms with Gasteiger partial charge in [0, 0.05) is 6.42 Å². The maximum atomic E-state index is 6.41. The first-order chi connectivity index (χ1) is 8.33. The Bertz CT molecular complexity index is 493. The zero-order chi connectivity index (χ0) is 11.7. The lowest BCUT2D eigenvalue weighted by Gasteiger charge is -2.04. The predicted octanol–water partition coefficient (Wildman–Crippen LogP) is 3.82. The molecule has 0 radical (unpaired) electrons. The second-order valence-electron chi connectivity index (χ2n) is 4.45. The highest BCUT2D eigenvalue weighted by atomic mass is 35.5. The van der Waals surface area contributed by atoms with Gasteiger partial charge in [0.25, 0.3) is 0 Å². The van der Waals surface area contributed by atoms with Crippen molar-refractivity contribution in [3.8, 4) is 0 Å². The maximum absolute atomic E-state index is 6.41. The van der Waals surface area contributed by atoms with Crippen LogP contribution < -0.4 is 0 Å². The van der Waals surface area contributed by atoms with Gasteiger partial charge in [0.15, 0.2) is 0 Å². The number of aromatic nitrogens is 2. The summed E-state index contributed by atoms with van der Waals surface area (Å²) < 4.78 is 0. The zero-order valence-electron chi connectivity index (χ0n) is 9.34. The highest BCUT2D eigenvalue weighted by Crippen LogP contribution is 2.35. The summed E-state index contributed by atoms with van der Waals surface area (Å²) in [5.41, 5.74) is 1.09. The van der Waals surface area contributed by atoms with Crippen molar-refractivity contribution in [3.63, 3.8) is 0 Å². The Morgan fingerprint density at radius 3 is 2.71 bits per heavy atom. The first-order valence-corrected chi connectivity index (χ1v) is 7.09. The minimum atomic E-state index is -0.165. The summed E-state index contributed by atoms with van der Waals surface area (Å²) in [6.45, 7) is 0. The topological polar surface area (TPSA) is 25.8 Å². The van der Waals surface area contributed by atoms with Crippen molar-refractivity contribution >= 4 is 22.9 Å². The van der Waals surface area contributed by atoms with E-state index in [9.17, 15) is 0 Å². The van der Waals surface area contributed by atoms with Gasteiger partial charge in [-0.2, -0.15) is 0 Å². The Hall–Kier alpha value is -0.930. The molecule has 1 heterocycles. The minimum Gasteiger partial charge on any atom is -0.143 e. The SMILES string of the molecule is ClC(c1ccccc1)c1nnc(CC2CC2)s1. The predicted molar refractivity (Wildman–Crippen MR) is 70.5 cm³/mol. The molecule has 88 valence electrons. The van der Waals surface area contributed by atoms with Gasteiger partial charge in [-0.3, -0.25) is 0 Å². The summed E-state index contributed by atoms with van der Waals surface area (Å²) in [4.78, 5) is 0. The van der Waals surface area contributed by atoms with Crippen molar-refractivity contribution in [2.75, 3.05) is 0 Å². The number of benzene rings is 1. The zero-order valence-corrected chi connectivity index (χ0v) is 10.9. The van der Waals surface area contributed by atoms with Gasteiger partial charge in [0.1, 0.15) is 15.4 Å². The number of halogens is 1. The molecule has 0 saturated heterocycles. The van der Waals surface area contributed by atoms with Crippen LogP contribution in [0.15, 0.2) is 30.3 Å². The van der Waals surface area contributed by atoms with E-state index in [1.165, 1.54) is 12.8 Å². The second kappa shape index (κ2) is 4.75. The van der Waals surface area contributed by atoms with Crippen LogP contribution in [0.1, 0.15) is 33.8 Å². The Kier molecular flexibility index (Phi) is 3.12.